The van der Waals surface area contributed by atoms with E-state index in [1.165, 1.54) is 0 Å². The van der Waals surface area contributed by atoms with E-state index >= 15 is 0 Å². The normalized spacial score (nSPS) is 17.3. The highest BCUT2D eigenvalue weighted by atomic mass is 16.5. The first kappa shape index (κ1) is 19.8. The largest absolute Gasteiger partial charge is 0.378 e. The lowest BCUT2D eigenvalue weighted by molar-refractivity contribution is 0.0748. The SMILES string of the molecule is Cc1nc(N2CCOCC2)cc(N2CCN(C(=O)c3cccc4ccccc34)CC2)n1. The van der Waals surface area contributed by atoms with Crippen molar-refractivity contribution in [2.45, 2.75) is 6.92 Å². The van der Waals surface area contributed by atoms with Crippen molar-refractivity contribution in [3.63, 3.8) is 0 Å². The van der Waals surface area contributed by atoms with Crippen LogP contribution in [0.3, 0.4) is 0 Å². The molecule has 1 amide bonds. The van der Waals surface area contributed by atoms with Crippen molar-refractivity contribution < 1.29 is 9.53 Å². The van der Waals surface area contributed by atoms with Gasteiger partial charge in [0.2, 0.25) is 0 Å². The number of carbonyl (C=O) groups is 1. The first-order valence-corrected chi connectivity index (χ1v) is 10.9. The van der Waals surface area contributed by atoms with Crippen molar-refractivity contribution in [3.8, 4) is 0 Å². The Bertz CT molecular complexity index is 1080. The molecule has 0 radical (unpaired) electrons. The minimum absolute atomic E-state index is 0.101. The van der Waals surface area contributed by atoms with Crippen LogP contribution in [-0.2, 0) is 4.74 Å². The zero-order valence-corrected chi connectivity index (χ0v) is 17.8. The lowest BCUT2D eigenvalue weighted by Gasteiger charge is -2.36. The van der Waals surface area contributed by atoms with Gasteiger partial charge in [0.25, 0.3) is 5.91 Å². The molecule has 2 aliphatic rings. The molecule has 160 valence electrons. The Labute approximate surface area is 182 Å². The third-order valence-electron chi connectivity index (χ3n) is 6.06. The quantitative estimate of drug-likeness (QED) is 0.653. The maximum atomic E-state index is 13.2. The van der Waals surface area contributed by atoms with Crippen LogP contribution in [0.4, 0.5) is 11.6 Å². The first-order chi connectivity index (χ1) is 15.2. The Morgan fingerprint density at radius 2 is 1.48 bits per heavy atom. The van der Waals surface area contributed by atoms with Crippen molar-refractivity contribution in [3.05, 3.63) is 59.9 Å². The van der Waals surface area contributed by atoms with E-state index in [1.54, 1.807) is 0 Å². The number of ether oxygens (including phenoxy) is 1. The van der Waals surface area contributed by atoms with E-state index in [1.807, 2.05) is 54.3 Å². The summed E-state index contributed by atoms with van der Waals surface area (Å²) in [6.45, 7) is 7.97. The molecule has 2 aromatic carbocycles. The van der Waals surface area contributed by atoms with Crippen molar-refractivity contribution in [1.82, 2.24) is 14.9 Å². The predicted octanol–water partition coefficient (Wildman–Crippen LogP) is 2.74. The van der Waals surface area contributed by atoms with Crippen LogP contribution >= 0.6 is 0 Å². The zero-order chi connectivity index (χ0) is 21.2. The Hall–Kier alpha value is -3.19. The number of aryl methyl sites for hydroxylation is 1. The van der Waals surface area contributed by atoms with Gasteiger partial charge in [0, 0.05) is 50.9 Å². The number of aromatic nitrogens is 2. The van der Waals surface area contributed by atoms with Gasteiger partial charge in [0.15, 0.2) is 0 Å². The summed E-state index contributed by atoms with van der Waals surface area (Å²) >= 11 is 0. The average Bonchev–Trinajstić information content (AvgIpc) is 2.83. The molecule has 7 heteroatoms. The third kappa shape index (κ3) is 4.05. The van der Waals surface area contributed by atoms with E-state index in [4.69, 9.17) is 4.74 Å². The summed E-state index contributed by atoms with van der Waals surface area (Å²) in [4.78, 5) is 29.0. The highest BCUT2D eigenvalue weighted by Crippen LogP contribution is 2.23. The van der Waals surface area contributed by atoms with Crippen LogP contribution in [0.1, 0.15) is 16.2 Å². The molecular formula is C24H27N5O2. The van der Waals surface area contributed by atoms with E-state index in [0.29, 0.717) is 13.1 Å². The number of amides is 1. The van der Waals surface area contributed by atoms with Crippen LogP contribution in [-0.4, -0.2) is 73.3 Å². The van der Waals surface area contributed by atoms with Gasteiger partial charge >= 0.3 is 0 Å². The van der Waals surface area contributed by atoms with E-state index < -0.39 is 0 Å². The number of piperazine rings is 1. The minimum atomic E-state index is 0.101. The highest BCUT2D eigenvalue weighted by molar-refractivity contribution is 6.07. The monoisotopic (exact) mass is 417 g/mol. The maximum absolute atomic E-state index is 13.2. The number of morpholine rings is 1. The van der Waals surface area contributed by atoms with Gasteiger partial charge in [-0.05, 0) is 23.8 Å². The van der Waals surface area contributed by atoms with Gasteiger partial charge in [-0.25, -0.2) is 9.97 Å². The summed E-state index contributed by atoms with van der Waals surface area (Å²) in [5.41, 5.74) is 0.777. The number of rotatable bonds is 3. The lowest BCUT2D eigenvalue weighted by Crippen LogP contribution is -2.49. The molecular weight excluding hydrogens is 390 g/mol. The second-order valence-corrected chi connectivity index (χ2v) is 8.04. The van der Waals surface area contributed by atoms with Crippen molar-refractivity contribution in [2.75, 3.05) is 62.3 Å². The van der Waals surface area contributed by atoms with Crippen molar-refractivity contribution in [1.29, 1.82) is 0 Å². The van der Waals surface area contributed by atoms with Gasteiger partial charge in [-0.15, -0.1) is 0 Å². The molecule has 0 unspecified atom stereocenters. The fraction of sp³-hybridized carbons (Fsp3) is 0.375. The van der Waals surface area contributed by atoms with Crippen LogP contribution in [0.2, 0.25) is 0 Å². The summed E-state index contributed by atoms with van der Waals surface area (Å²) in [5.74, 6) is 2.77. The molecule has 7 nitrogen and oxygen atoms in total. The van der Waals surface area contributed by atoms with Crippen LogP contribution in [0.15, 0.2) is 48.5 Å². The van der Waals surface area contributed by atoms with E-state index in [2.05, 4.69) is 25.8 Å². The number of nitrogens with zero attached hydrogens (tertiary/aromatic N) is 5. The van der Waals surface area contributed by atoms with Gasteiger partial charge in [0.05, 0.1) is 13.2 Å². The third-order valence-corrected chi connectivity index (χ3v) is 6.06. The summed E-state index contributed by atoms with van der Waals surface area (Å²) in [5, 5.41) is 2.11. The molecule has 0 aliphatic carbocycles. The molecule has 31 heavy (non-hydrogen) atoms. The number of hydrogen-bond donors (Lipinski definition) is 0. The van der Waals surface area contributed by atoms with Crippen LogP contribution < -0.4 is 9.80 Å². The van der Waals surface area contributed by atoms with E-state index in [-0.39, 0.29) is 5.91 Å². The molecule has 3 aromatic rings. The highest BCUT2D eigenvalue weighted by Gasteiger charge is 2.25. The Morgan fingerprint density at radius 1 is 0.839 bits per heavy atom. The second-order valence-electron chi connectivity index (χ2n) is 8.04. The van der Waals surface area contributed by atoms with Crippen LogP contribution in [0, 0.1) is 6.92 Å². The number of anilines is 2. The molecule has 3 heterocycles. The lowest BCUT2D eigenvalue weighted by atomic mass is 10.0. The number of benzene rings is 2. The molecule has 2 saturated heterocycles. The first-order valence-electron chi connectivity index (χ1n) is 10.9. The molecule has 5 rings (SSSR count). The Kier molecular flexibility index (Phi) is 5.42. The summed E-state index contributed by atoms with van der Waals surface area (Å²) in [7, 11) is 0. The van der Waals surface area contributed by atoms with Crippen LogP contribution in [0.25, 0.3) is 10.8 Å². The number of carbonyl (C=O) groups excluding carboxylic acids is 1. The number of hydrogen-bond acceptors (Lipinski definition) is 6. The Balaban J connectivity index is 1.30. The van der Waals surface area contributed by atoms with Crippen LogP contribution in [0.5, 0.6) is 0 Å². The summed E-state index contributed by atoms with van der Waals surface area (Å²) in [6, 6.07) is 16.1. The van der Waals surface area contributed by atoms with E-state index in [9.17, 15) is 4.79 Å². The maximum Gasteiger partial charge on any atom is 0.254 e. The van der Waals surface area contributed by atoms with E-state index in [0.717, 1.165) is 73.2 Å². The molecule has 0 atom stereocenters. The molecule has 0 N–H and O–H groups in total. The zero-order valence-electron chi connectivity index (χ0n) is 17.8. The molecule has 0 spiro atoms. The summed E-state index contributed by atoms with van der Waals surface area (Å²) in [6.07, 6.45) is 0. The molecule has 2 fully saturated rings. The standard InChI is InChI=1S/C24H27N5O2/c1-18-25-22(17-23(26-18)28-13-15-31-16-14-28)27-9-11-29(12-10-27)24(30)21-8-4-6-19-5-2-3-7-20(19)21/h2-8,17H,9-16H2,1H3. The molecule has 1 aromatic heterocycles. The average molecular weight is 418 g/mol. The molecule has 0 saturated carbocycles. The smallest absolute Gasteiger partial charge is 0.254 e. The van der Waals surface area contributed by atoms with Gasteiger partial charge in [-0.3, -0.25) is 4.79 Å². The minimum Gasteiger partial charge on any atom is -0.378 e. The fourth-order valence-corrected chi connectivity index (χ4v) is 4.37. The van der Waals surface area contributed by atoms with Gasteiger partial charge in [-0.2, -0.15) is 0 Å². The fourth-order valence-electron chi connectivity index (χ4n) is 4.37. The Morgan fingerprint density at radius 3 is 2.23 bits per heavy atom. The molecule has 0 bridgehead atoms. The van der Waals surface area contributed by atoms with Gasteiger partial charge in [0.1, 0.15) is 17.5 Å². The number of fused-ring (bicyclic) bond motifs is 1. The summed E-state index contributed by atoms with van der Waals surface area (Å²) < 4.78 is 5.46. The second kappa shape index (κ2) is 8.51. The van der Waals surface area contributed by atoms with Crippen molar-refractivity contribution >= 4 is 28.3 Å². The molecule has 2 aliphatic heterocycles. The van der Waals surface area contributed by atoms with Gasteiger partial charge < -0.3 is 19.4 Å². The topological polar surface area (TPSA) is 61.8 Å². The van der Waals surface area contributed by atoms with Gasteiger partial charge in [-0.1, -0.05) is 36.4 Å². The van der Waals surface area contributed by atoms with Crippen molar-refractivity contribution in [2.24, 2.45) is 0 Å². The predicted molar refractivity (Wildman–Crippen MR) is 122 cm³/mol.